The minimum atomic E-state index is 0.835. The molecule has 1 aliphatic rings. The first-order valence-corrected chi connectivity index (χ1v) is 6.13. The molecule has 0 amide bonds. The molecular formula is C14H21N. The van der Waals surface area contributed by atoms with Crippen molar-refractivity contribution in [1.82, 2.24) is 5.32 Å². The number of aryl methyl sites for hydroxylation is 1. The lowest BCUT2D eigenvalue weighted by atomic mass is 10.1. The summed E-state index contributed by atoms with van der Waals surface area (Å²) >= 11 is 0. The van der Waals surface area contributed by atoms with Gasteiger partial charge in [-0.3, -0.25) is 0 Å². The zero-order chi connectivity index (χ0) is 10.5. The van der Waals surface area contributed by atoms with E-state index in [2.05, 4.69) is 42.6 Å². The van der Waals surface area contributed by atoms with Gasteiger partial charge in [-0.25, -0.2) is 0 Å². The van der Waals surface area contributed by atoms with Crippen molar-refractivity contribution in [3.05, 3.63) is 35.9 Å². The molecule has 1 aliphatic carbocycles. The minimum Gasteiger partial charge on any atom is -0.314 e. The lowest BCUT2D eigenvalue weighted by molar-refractivity contribution is 0.601. The number of rotatable bonds is 6. The van der Waals surface area contributed by atoms with Crippen molar-refractivity contribution < 1.29 is 0 Å². The molecule has 2 rings (SSSR count). The Morgan fingerprint density at radius 3 is 2.60 bits per heavy atom. The lowest BCUT2D eigenvalue weighted by Crippen LogP contribution is -2.19. The zero-order valence-corrected chi connectivity index (χ0v) is 9.58. The molecule has 0 spiro atoms. The summed E-state index contributed by atoms with van der Waals surface area (Å²) in [5.74, 6) is 0.930. The zero-order valence-electron chi connectivity index (χ0n) is 9.58. The highest BCUT2D eigenvalue weighted by Gasteiger charge is 2.31. The van der Waals surface area contributed by atoms with Gasteiger partial charge in [-0.1, -0.05) is 37.3 Å². The van der Waals surface area contributed by atoms with Crippen LogP contribution in [0.15, 0.2) is 30.3 Å². The summed E-state index contributed by atoms with van der Waals surface area (Å²) in [7, 11) is 0. The summed E-state index contributed by atoms with van der Waals surface area (Å²) in [5, 5.41) is 3.59. The molecule has 2 atom stereocenters. The van der Waals surface area contributed by atoms with Gasteiger partial charge in [-0.05, 0) is 43.7 Å². The number of benzene rings is 1. The summed E-state index contributed by atoms with van der Waals surface area (Å²) in [6, 6.07) is 11.6. The highest BCUT2D eigenvalue weighted by atomic mass is 15.0. The van der Waals surface area contributed by atoms with Crippen molar-refractivity contribution in [3.8, 4) is 0 Å². The van der Waals surface area contributed by atoms with E-state index in [0.29, 0.717) is 0 Å². The molecular weight excluding hydrogens is 182 g/mol. The second-order valence-electron chi connectivity index (χ2n) is 4.72. The molecule has 1 N–H and O–H groups in total. The molecule has 1 fully saturated rings. The molecule has 0 heterocycles. The molecule has 0 radical (unpaired) electrons. The van der Waals surface area contributed by atoms with Crippen LogP contribution in [-0.2, 0) is 6.42 Å². The van der Waals surface area contributed by atoms with E-state index in [0.717, 1.165) is 12.0 Å². The molecule has 15 heavy (non-hydrogen) atoms. The molecule has 1 aromatic rings. The third kappa shape index (κ3) is 3.67. The topological polar surface area (TPSA) is 12.0 Å². The molecule has 1 aromatic carbocycles. The predicted molar refractivity (Wildman–Crippen MR) is 65.0 cm³/mol. The van der Waals surface area contributed by atoms with Crippen LogP contribution in [0.5, 0.6) is 0 Å². The van der Waals surface area contributed by atoms with E-state index >= 15 is 0 Å². The van der Waals surface area contributed by atoms with Gasteiger partial charge in [-0.2, -0.15) is 0 Å². The number of hydrogen-bond acceptors (Lipinski definition) is 1. The van der Waals surface area contributed by atoms with Crippen LogP contribution in [-0.4, -0.2) is 12.6 Å². The Balaban J connectivity index is 1.52. The van der Waals surface area contributed by atoms with Gasteiger partial charge in [0.2, 0.25) is 0 Å². The SMILES string of the molecule is CC1CC1NCCCCc1ccccc1. The Hall–Kier alpha value is -0.820. The van der Waals surface area contributed by atoms with Crippen LogP contribution in [0.4, 0.5) is 0 Å². The summed E-state index contributed by atoms with van der Waals surface area (Å²) in [4.78, 5) is 0. The van der Waals surface area contributed by atoms with E-state index in [-0.39, 0.29) is 0 Å². The van der Waals surface area contributed by atoms with E-state index in [4.69, 9.17) is 0 Å². The van der Waals surface area contributed by atoms with Gasteiger partial charge >= 0.3 is 0 Å². The highest BCUT2D eigenvalue weighted by molar-refractivity contribution is 5.14. The van der Waals surface area contributed by atoms with E-state index in [9.17, 15) is 0 Å². The van der Waals surface area contributed by atoms with Crippen molar-refractivity contribution in [2.45, 2.75) is 38.6 Å². The average molecular weight is 203 g/mol. The molecule has 0 aliphatic heterocycles. The van der Waals surface area contributed by atoms with Crippen LogP contribution in [0, 0.1) is 5.92 Å². The largest absolute Gasteiger partial charge is 0.314 e. The van der Waals surface area contributed by atoms with Gasteiger partial charge in [0, 0.05) is 6.04 Å². The maximum atomic E-state index is 3.59. The summed E-state index contributed by atoms with van der Waals surface area (Å²) < 4.78 is 0. The van der Waals surface area contributed by atoms with Gasteiger partial charge in [0.05, 0.1) is 0 Å². The van der Waals surface area contributed by atoms with Crippen LogP contribution in [0.2, 0.25) is 0 Å². The smallest absolute Gasteiger partial charge is 0.00963 e. The maximum Gasteiger partial charge on any atom is 0.00963 e. The van der Waals surface area contributed by atoms with Crippen molar-refractivity contribution >= 4 is 0 Å². The Bertz CT molecular complexity index is 281. The van der Waals surface area contributed by atoms with Gasteiger partial charge < -0.3 is 5.32 Å². The van der Waals surface area contributed by atoms with Crippen molar-refractivity contribution in [3.63, 3.8) is 0 Å². The fraction of sp³-hybridized carbons (Fsp3) is 0.571. The van der Waals surface area contributed by atoms with Crippen LogP contribution >= 0.6 is 0 Å². The van der Waals surface area contributed by atoms with Crippen LogP contribution in [0.3, 0.4) is 0 Å². The quantitative estimate of drug-likeness (QED) is 0.701. The molecule has 0 aromatic heterocycles. The summed E-state index contributed by atoms with van der Waals surface area (Å²) in [6.07, 6.45) is 5.22. The van der Waals surface area contributed by atoms with Crippen LogP contribution < -0.4 is 5.32 Å². The first-order valence-electron chi connectivity index (χ1n) is 6.13. The predicted octanol–water partition coefficient (Wildman–Crippen LogP) is 3.01. The second-order valence-corrected chi connectivity index (χ2v) is 4.72. The Morgan fingerprint density at radius 1 is 1.20 bits per heavy atom. The highest BCUT2D eigenvalue weighted by Crippen LogP contribution is 2.28. The summed E-state index contributed by atoms with van der Waals surface area (Å²) in [5.41, 5.74) is 1.47. The number of unbranched alkanes of at least 4 members (excludes halogenated alkanes) is 1. The first kappa shape index (κ1) is 10.7. The van der Waals surface area contributed by atoms with Crippen LogP contribution in [0.25, 0.3) is 0 Å². The van der Waals surface area contributed by atoms with Crippen molar-refractivity contribution in [2.75, 3.05) is 6.54 Å². The van der Waals surface area contributed by atoms with E-state index < -0.39 is 0 Å². The fourth-order valence-corrected chi connectivity index (χ4v) is 1.99. The summed E-state index contributed by atoms with van der Waals surface area (Å²) in [6.45, 7) is 3.52. The Labute approximate surface area is 92.9 Å². The molecule has 1 saturated carbocycles. The Kier molecular flexibility index (Phi) is 3.79. The minimum absolute atomic E-state index is 0.835. The standard InChI is InChI=1S/C14H21N/c1-12-11-14(12)15-10-6-5-9-13-7-3-2-4-8-13/h2-4,7-8,12,14-15H,5-6,9-11H2,1H3. The van der Waals surface area contributed by atoms with Crippen molar-refractivity contribution in [2.24, 2.45) is 5.92 Å². The third-order valence-electron chi connectivity index (χ3n) is 3.25. The number of nitrogens with one attached hydrogen (secondary N) is 1. The van der Waals surface area contributed by atoms with Gasteiger partial charge in [0.25, 0.3) is 0 Å². The normalized spacial score (nSPS) is 24.1. The second kappa shape index (κ2) is 5.32. The third-order valence-corrected chi connectivity index (χ3v) is 3.25. The van der Waals surface area contributed by atoms with Crippen molar-refractivity contribution in [1.29, 1.82) is 0 Å². The van der Waals surface area contributed by atoms with Gasteiger partial charge in [0.15, 0.2) is 0 Å². The fourth-order valence-electron chi connectivity index (χ4n) is 1.99. The van der Waals surface area contributed by atoms with E-state index in [1.54, 1.807) is 0 Å². The average Bonchev–Trinajstić information content (AvgIpc) is 2.96. The molecule has 1 heteroatoms. The molecule has 0 saturated heterocycles. The first-order chi connectivity index (χ1) is 7.36. The van der Waals surface area contributed by atoms with E-state index in [1.807, 2.05) is 0 Å². The molecule has 1 nitrogen and oxygen atoms in total. The molecule has 0 bridgehead atoms. The van der Waals surface area contributed by atoms with Gasteiger partial charge in [-0.15, -0.1) is 0 Å². The van der Waals surface area contributed by atoms with E-state index in [1.165, 1.54) is 37.8 Å². The molecule has 2 unspecified atom stereocenters. The van der Waals surface area contributed by atoms with Crippen LogP contribution in [0.1, 0.15) is 31.7 Å². The Morgan fingerprint density at radius 2 is 1.93 bits per heavy atom. The lowest BCUT2D eigenvalue weighted by Gasteiger charge is -2.03. The molecule has 82 valence electrons. The van der Waals surface area contributed by atoms with Gasteiger partial charge in [0.1, 0.15) is 0 Å². The maximum absolute atomic E-state index is 3.59. The monoisotopic (exact) mass is 203 g/mol. The number of hydrogen-bond donors (Lipinski definition) is 1.